The Morgan fingerprint density at radius 3 is 2.70 bits per heavy atom. The summed E-state index contributed by atoms with van der Waals surface area (Å²) in [5.74, 6) is 0.577. The highest BCUT2D eigenvalue weighted by Crippen LogP contribution is 2.19. The molecule has 1 amide bonds. The molecule has 0 aliphatic carbocycles. The van der Waals surface area contributed by atoms with Gasteiger partial charge in [-0.15, -0.1) is 0 Å². The van der Waals surface area contributed by atoms with Crippen LogP contribution in [-0.4, -0.2) is 61.3 Å². The number of aromatic nitrogens is 1. The molecule has 2 aliphatic heterocycles. The largest absolute Gasteiger partial charge is 0.472 e. The summed E-state index contributed by atoms with van der Waals surface area (Å²) in [6.07, 6.45) is 2.56. The molecule has 0 saturated carbocycles. The SMILES string of the molecule is Cc1cccc(N2CCN(C(=O)c3ccc(OC4CCOC4)nc3)CC2)c1. The molecule has 6 heteroatoms. The van der Waals surface area contributed by atoms with Gasteiger partial charge in [0, 0.05) is 50.6 Å². The van der Waals surface area contributed by atoms with Crippen molar-refractivity contribution in [1.29, 1.82) is 0 Å². The summed E-state index contributed by atoms with van der Waals surface area (Å²) in [5.41, 5.74) is 3.08. The lowest BCUT2D eigenvalue weighted by Crippen LogP contribution is -2.48. The maximum atomic E-state index is 12.8. The highest BCUT2D eigenvalue weighted by Gasteiger charge is 2.23. The Morgan fingerprint density at radius 2 is 2.04 bits per heavy atom. The number of piperazine rings is 1. The summed E-state index contributed by atoms with van der Waals surface area (Å²) in [6, 6.07) is 12.1. The molecule has 6 nitrogen and oxygen atoms in total. The van der Waals surface area contributed by atoms with Crippen LogP contribution in [0.25, 0.3) is 0 Å². The number of carbonyl (C=O) groups is 1. The van der Waals surface area contributed by atoms with Gasteiger partial charge in [-0.25, -0.2) is 4.98 Å². The van der Waals surface area contributed by atoms with Crippen molar-refractivity contribution in [3.05, 3.63) is 53.7 Å². The number of benzene rings is 1. The number of ether oxygens (including phenoxy) is 2. The van der Waals surface area contributed by atoms with Gasteiger partial charge in [-0.3, -0.25) is 4.79 Å². The van der Waals surface area contributed by atoms with Crippen LogP contribution in [-0.2, 0) is 4.74 Å². The van der Waals surface area contributed by atoms with Crippen molar-refractivity contribution in [2.75, 3.05) is 44.3 Å². The van der Waals surface area contributed by atoms with Gasteiger partial charge >= 0.3 is 0 Å². The van der Waals surface area contributed by atoms with Crippen LogP contribution >= 0.6 is 0 Å². The van der Waals surface area contributed by atoms with E-state index < -0.39 is 0 Å². The topological polar surface area (TPSA) is 54.9 Å². The van der Waals surface area contributed by atoms with Crippen LogP contribution in [0.15, 0.2) is 42.6 Å². The van der Waals surface area contributed by atoms with E-state index in [1.807, 2.05) is 4.90 Å². The maximum absolute atomic E-state index is 12.8. The van der Waals surface area contributed by atoms with E-state index in [0.717, 1.165) is 26.1 Å². The monoisotopic (exact) mass is 367 g/mol. The van der Waals surface area contributed by atoms with Crippen molar-refractivity contribution >= 4 is 11.6 Å². The fourth-order valence-corrected chi connectivity index (χ4v) is 3.53. The van der Waals surface area contributed by atoms with E-state index in [4.69, 9.17) is 9.47 Å². The molecular weight excluding hydrogens is 342 g/mol. The van der Waals surface area contributed by atoms with Crippen LogP contribution in [0.4, 0.5) is 5.69 Å². The van der Waals surface area contributed by atoms with Crippen LogP contribution < -0.4 is 9.64 Å². The molecule has 0 spiro atoms. The molecular formula is C21H25N3O3. The third-order valence-electron chi connectivity index (χ3n) is 5.09. The zero-order valence-corrected chi connectivity index (χ0v) is 15.6. The summed E-state index contributed by atoms with van der Waals surface area (Å²) in [5, 5.41) is 0. The Hall–Kier alpha value is -2.60. The lowest BCUT2D eigenvalue weighted by atomic mass is 10.1. The molecule has 1 atom stereocenters. The second-order valence-electron chi connectivity index (χ2n) is 7.11. The minimum Gasteiger partial charge on any atom is -0.472 e. The van der Waals surface area contributed by atoms with Gasteiger partial charge in [-0.1, -0.05) is 12.1 Å². The van der Waals surface area contributed by atoms with Crippen molar-refractivity contribution in [2.24, 2.45) is 0 Å². The normalized spacial score (nSPS) is 20.0. The summed E-state index contributed by atoms with van der Waals surface area (Å²) in [7, 11) is 0. The van der Waals surface area contributed by atoms with Crippen molar-refractivity contribution in [3.63, 3.8) is 0 Å². The molecule has 0 bridgehead atoms. The Kier molecular flexibility index (Phi) is 5.25. The van der Waals surface area contributed by atoms with E-state index in [1.54, 1.807) is 18.3 Å². The van der Waals surface area contributed by atoms with Crippen LogP contribution in [0.5, 0.6) is 5.88 Å². The highest BCUT2D eigenvalue weighted by atomic mass is 16.5. The predicted octanol–water partition coefficient (Wildman–Crippen LogP) is 2.52. The van der Waals surface area contributed by atoms with Gasteiger partial charge in [0.05, 0.1) is 18.8 Å². The maximum Gasteiger partial charge on any atom is 0.255 e. The van der Waals surface area contributed by atoms with E-state index in [0.29, 0.717) is 31.1 Å². The molecule has 1 aromatic heterocycles. The zero-order chi connectivity index (χ0) is 18.6. The number of nitrogens with zero attached hydrogens (tertiary/aromatic N) is 3. The zero-order valence-electron chi connectivity index (χ0n) is 15.6. The Morgan fingerprint density at radius 1 is 1.19 bits per heavy atom. The van der Waals surface area contributed by atoms with E-state index in [-0.39, 0.29) is 12.0 Å². The van der Waals surface area contributed by atoms with Crippen molar-refractivity contribution in [2.45, 2.75) is 19.4 Å². The number of carbonyl (C=O) groups excluding carboxylic acids is 1. The molecule has 2 aromatic rings. The molecule has 4 rings (SSSR count). The van der Waals surface area contributed by atoms with E-state index >= 15 is 0 Å². The molecule has 3 heterocycles. The van der Waals surface area contributed by atoms with Gasteiger partial charge in [-0.05, 0) is 30.7 Å². The molecule has 142 valence electrons. The van der Waals surface area contributed by atoms with Crippen molar-refractivity contribution in [1.82, 2.24) is 9.88 Å². The van der Waals surface area contributed by atoms with Crippen LogP contribution in [0.2, 0.25) is 0 Å². The average molecular weight is 367 g/mol. The molecule has 1 unspecified atom stereocenters. The van der Waals surface area contributed by atoms with Gasteiger partial charge in [0.15, 0.2) is 0 Å². The second-order valence-corrected chi connectivity index (χ2v) is 7.11. The molecule has 2 fully saturated rings. The second kappa shape index (κ2) is 7.96. The number of pyridine rings is 1. The Bertz CT molecular complexity index is 780. The van der Waals surface area contributed by atoms with Crippen LogP contribution in [0, 0.1) is 6.92 Å². The highest BCUT2D eigenvalue weighted by molar-refractivity contribution is 5.94. The lowest BCUT2D eigenvalue weighted by molar-refractivity contribution is 0.0746. The molecule has 0 radical (unpaired) electrons. The lowest BCUT2D eigenvalue weighted by Gasteiger charge is -2.36. The van der Waals surface area contributed by atoms with Crippen LogP contribution in [0.1, 0.15) is 22.3 Å². The summed E-state index contributed by atoms with van der Waals surface area (Å²) < 4.78 is 11.1. The van der Waals surface area contributed by atoms with E-state index in [2.05, 4.69) is 41.1 Å². The minimum atomic E-state index is 0.0298. The first-order chi connectivity index (χ1) is 13.2. The van der Waals surface area contributed by atoms with Gasteiger partial charge in [0.1, 0.15) is 6.10 Å². The van der Waals surface area contributed by atoms with Gasteiger partial charge in [0.25, 0.3) is 5.91 Å². The average Bonchev–Trinajstić information content (AvgIpc) is 3.21. The summed E-state index contributed by atoms with van der Waals surface area (Å²) in [4.78, 5) is 21.3. The Labute approximate surface area is 159 Å². The van der Waals surface area contributed by atoms with E-state index in [1.165, 1.54) is 11.3 Å². The Balaban J connectivity index is 1.33. The fraction of sp³-hybridized carbons (Fsp3) is 0.429. The smallest absolute Gasteiger partial charge is 0.255 e. The standard InChI is InChI=1S/C21H25N3O3/c1-16-3-2-4-18(13-16)23-8-10-24(11-9-23)21(25)17-5-6-20(22-14-17)27-19-7-12-26-15-19/h2-6,13-14,19H,7-12,15H2,1H3. The van der Waals surface area contributed by atoms with Crippen molar-refractivity contribution in [3.8, 4) is 5.88 Å². The third-order valence-corrected chi connectivity index (χ3v) is 5.09. The number of aryl methyl sites for hydroxylation is 1. The quantitative estimate of drug-likeness (QED) is 0.831. The predicted molar refractivity (Wildman–Crippen MR) is 103 cm³/mol. The number of rotatable bonds is 4. The van der Waals surface area contributed by atoms with Gasteiger partial charge < -0.3 is 19.3 Å². The van der Waals surface area contributed by atoms with Gasteiger partial charge in [-0.2, -0.15) is 0 Å². The molecule has 27 heavy (non-hydrogen) atoms. The molecule has 2 aliphatic rings. The minimum absolute atomic E-state index is 0.0298. The first-order valence-electron chi connectivity index (χ1n) is 9.50. The number of hydrogen-bond acceptors (Lipinski definition) is 5. The number of anilines is 1. The molecule has 0 N–H and O–H groups in total. The fourth-order valence-electron chi connectivity index (χ4n) is 3.53. The van der Waals surface area contributed by atoms with E-state index in [9.17, 15) is 4.79 Å². The van der Waals surface area contributed by atoms with Crippen molar-refractivity contribution < 1.29 is 14.3 Å². The van der Waals surface area contributed by atoms with Crippen LogP contribution in [0.3, 0.4) is 0 Å². The number of hydrogen-bond donors (Lipinski definition) is 0. The first kappa shape index (κ1) is 17.8. The van der Waals surface area contributed by atoms with Gasteiger partial charge in [0.2, 0.25) is 5.88 Å². The third kappa shape index (κ3) is 4.22. The number of amides is 1. The summed E-state index contributed by atoms with van der Waals surface area (Å²) in [6.45, 7) is 6.54. The first-order valence-corrected chi connectivity index (χ1v) is 9.50. The summed E-state index contributed by atoms with van der Waals surface area (Å²) >= 11 is 0. The molecule has 1 aromatic carbocycles. The molecule has 2 saturated heterocycles.